The maximum atomic E-state index is 13.4. The highest BCUT2D eigenvalue weighted by Gasteiger charge is 2.28. The largest absolute Gasteiger partial charge is 0.497 e. The summed E-state index contributed by atoms with van der Waals surface area (Å²) in [6, 6.07) is 21.5. The average Bonchev–Trinajstić information content (AvgIpc) is 2.78. The molecule has 1 N–H and O–H groups in total. The number of carbonyl (C=O) groups excluding carboxylic acids is 1. The van der Waals surface area contributed by atoms with Crippen molar-refractivity contribution in [2.24, 2.45) is 0 Å². The average molecular weight is 459 g/mol. The van der Waals surface area contributed by atoms with Gasteiger partial charge in [0.1, 0.15) is 12.3 Å². The van der Waals surface area contributed by atoms with Gasteiger partial charge in [-0.3, -0.25) is 9.10 Å². The maximum Gasteiger partial charge on any atom is 0.264 e. The number of halogens is 1. The number of benzene rings is 3. The summed E-state index contributed by atoms with van der Waals surface area (Å²) in [7, 11) is -2.53. The maximum absolute atomic E-state index is 13.4. The van der Waals surface area contributed by atoms with Gasteiger partial charge in [-0.05, 0) is 55.0 Å². The molecule has 0 heterocycles. The normalized spacial score (nSPS) is 12.1. The molecule has 0 fully saturated rings. The zero-order valence-corrected chi connectivity index (χ0v) is 18.7. The molecule has 0 aliphatic rings. The molecule has 1 atom stereocenters. The van der Waals surface area contributed by atoms with E-state index < -0.39 is 22.5 Å². The van der Waals surface area contributed by atoms with Crippen LogP contribution in [-0.2, 0) is 14.8 Å². The van der Waals surface area contributed by atoms with E-state index in [-0.39, 0.29) is 10.9 Å². The summed E-state index contributed by atoms with van der Waals surface area (Å²) in [5.74, 6) is 0.0936. The molecule has 0 radical (unpaired) electrons. The molecule has 3 aromatic rings. The van der Waals surface area contributed by atoms with Gasteiger partial charge in [-0.1, -0.05) is 48.0 Å². The number of amides is 1. The zero-order valence-electron chi connectivity index (χ0n) is 17.2. The van der Waals surface area contributed by atoms with Crippen molar-refractivity contribution in [3.05, 3.63) is 89.4 Å². The lowest BCUT2D eigenvalue weighted by atomic mass is 10.1. The van der Waals surface area contributed by atoms with E-state index in [1.165, 1.54) is 25.3 Å². The van der Waals surface area contributed by atoms with Crippen LogP contribution in [0.2, 0.25) is 5.02 Å². The van der Waals surface area contributed by atoms with Crippen LogP contribution in [0.5, 0.6) is 5.75 Å². The highest BCUT2D eigenvalue weighted by Crippen LogP contribution is 2.27. The molecule has 0 aliphatic carbocycles. The number of sulfonamides is 1. The summed E-state index contributed by atoms with van der Waals surface area (Å²) in [5, 5.41) is 3.22. The minimum Gasteiger partial charge on any atom is -0.497 e. The molecular formula is C23H23ClN2O4S. The number of anilines is 1. The summed E-state index contributed by atoms with van der Waals surface area (Å²) in [4.78, 5) is 12.8. The van der Waals surface area contributed by atoms with E-state index in [1.807, 2.05) is 37.3 Å². The summed E-state index contributed by atoms with van der Waals surface area (Å²) in [6.07, 6.45) is 0. The first-order valence-corrected chi connectivity index (χ1v) is 11.4. The number of hydrogen-bond donors (Lipinski definition) is 1. The third kappa shape index (κ3) is 5.57. The van der Waals surface area contributed by atoms with E-state index in [1.54, 1.807) is 30.3 Å². The van der Waals surface area contributed by atoms with E-state index >= 15 is 0 Å². The van der Waals surface area contributed by atoms with Crippen molar-refractivity contribution in [1.82, 2.24) is 5.32 Å². The molecular weight excluding hydrogens is 436 g/mol. The number of carbonyl (C=O) groups is 1. The second-order valence-corrected chi connectivity index (χ2v) is 9.17. The first-order chi connectivity index (χ1) is 14.8. The molecule has 0 spiro atoms. The van der Waals surface area contributed by atoms with Crippen LogP contribution in [0, 0.1) is 0 Å². The summed E-state index contributed by atoms with van der Waals surface area (Å²) >= 11 is 6.09. The molecule has 0 saturated carbocycles. The van der Waals surface area contributed by atoms with E-state index in [2.05, 4.69) is 5.32 Å². The summed E-state index contributed by atoms with van der Waals surface area (Å²) < 4.78 is 32.9. The standard InChI is InChI=1S/C23H23ClN2O4S/c1-17(18-7-4-3-5-8-18)25-23(27)16-26(20-10-6-9-19(24)15-20)31(28,29)22-13-11-21(30-2)12-14-22/h3-15,17H,16H2,1-2H3,(H,25,27)/t17-/m1/s1. The van der Waals surface area contributed by atoms with Crippen LogP contribution < -0.4 is 14.4 Å². The van der Waals surface area contributed by atoms with E-state index in [0.717, 1.165) is 9.87 Å². The van der Waals surface area contributed by atoms with Crippen molar-refractivity contribution in [1.29, 1.82) is 0 Å². The van der Waals surface area contributed by atoms with Gasteiger partial charge >= 0.3 is 0 Å². The van der Waals surface area contributed by atoms with Gasteiger partial charge < -0.3 is 10.1 Å². The van der Waals surface area contributed by atoms with Crippen LogP contribution in [0.15, 0.2) is 83.8 Å². The van der Waals surface area contributed by atoms with Crippen LogP contribution in [0.4, 0.5) is 5.69 Å². The Kier molecular flexibility index (Phi) is 7.20. The number of nitrogens with zero attached hydrogens (tertiary/aromatic N) is 1. The summed E-state index contributed by atoms with van der Waals surface area (Å²) in [6.45, 7) is 1.45. The van der Waals surface area contributed by atoms with Crippen molar-refractivity contribution in [2.75, 3.05) is 18.0 Å². The Morgan fingerprint density at radius 2 is 1.71 bits per heavy atom. The van der Waals surface area contributed by atoms with Crippen LogP contribution in [-0.4, -0.2) is 28.0 Å². The molecule has 6 nitrogen and oxygen atoms in total. The number of ether oxygens (including phenoxy) is 1. The number of rotatable bonds is 8. The fourth-order valence-electron chi connectivity index (χ4n) is 3.06. The monoisotopic (exact) mass is 458 g/mol. The Morgan fingerprint density at radius 3 is 2.32 bits per heavy atom. The summed E-state index contributed by atoms with van der Waals surface area (Å²) in [5.41, 5.74) is 1.22. The molecule has 0 aromatic heterocycles. The molecule has 0 unspecified atom stereocenters. The van der Waals surface area contributed by atoms with Crippen molar-refractivity contribution in [2.45, 2.75) is 17.9 Å². The van der Waals surface area contributed by atoms with Crippen molar-refractivity contribution in [3.8, 4) is 5.75 Å². The first-order valence-electron chi connectivity index (χ1n) is 9.58. The Bertz CT molecular complexity index is 1140. The zero-order chi connectivity index (χ0) is 22.4. The Balaban J connectivity index is 1.90. The minimum absolute atomic E-state index is 0.0391. The quantitative estimate of drug-likeness (QED) is 0.542. The first kappa shape index (κ1) is 22.7. The third-order valence-electron chi connectivity index (χ3n) is 4.71. The number of methoxy groups -OCH3 is 1. The van der Waals surface area contributed by atoms with Crippen LogP contribution in [0.25, 0.3) is 0 Å². The van der Waals surface area contributed by atoms with Crippen LogP contribution in [0.3, 0.4) is 0 Å². The predicted molar refractivity (Wildman–Crippen MR) is 122 cm³/mol. The van der Waals surface area contributed by atoms with E-state index in [4.69, 9.17) is 16.3 Å². The van der Waals surface area contributed by atoms with Crippen LogP contribution >= 0.6 is 11.6 Å². The van der Waals surface area contributed by atoms with E-state index in [0.29, 0.717) is 16.5 Å². The predicted octanol–water partition coefficient (Wildman–Crippen LogP) is 4.42. The minimum atomic E-state index is -4.03. The smallest absolute Gasteiger partial charge is 0.264 e. The Morgan fingerprint density at radius 1 is 1.03 bits per heavy atom. The van der Waals surface area contributed by atoms with Gasteiger partial charge in [-0.2, -0.15) is 0 Å². The lowest BCUT2D eigenvalue weighted by molar-refractivity contribution is -0.120. The second kappa shape index (κ2) is 9.85. The lowest BCUT2D eigenvalue weighted by Crippen LogP contribution is -2.41. The van der Waals surface area contributed by atoms with Crippen LogP contribution in [0.1, 0.15) is 18.5 Å². The fraction of sp³-hybridized carbons (Fsp3) is 0.174. The van der Waals surface area contributed by atoms with Gasteiger partial charge in [0.25, 0.3) is 10.0 Å². The molecule has 3 rings (SSSR count). The molecule has 162 valence electrons. The van der Waals surface area contributed by atoms with Crippen molar-refractivity contribution < 1.29 is 17.9 Å². The van der Waals surface area contributed by atoms with Gasteiger partial charge in [0.05, 0.1) is 23.7 Å². The molecule has 0 saturated heterocycles. The van der Waals surface area contributed by atoms with Gasteiger partial charge in [0.15, 0.2) is 0 Å². The molecule has 0 aliphatic heterocycles. The number of hydrogen-bond acceptors (Lipinski definition) is 4. The Labute approximate surface area is 187 Å². The molecule has 3 aromatic carbocycles. The molecule has 8 heteroatoms. The van der Waals surface area contributed by atoms with Gasteiger partial charge in [0, 0.05) is 5.02 Å². The highest BCUT2D eigenvalue weighted by molar-refractivity contribution is 7.92. The fourth-order valence-corrected chi connectivity index (χ4v) is 4.66. The highest BCUT2D eigenvalue weighted by atomic mass is 35.5. The molecule has 31 heavy (non-hydrogen) atoms. The second-order valence-electron chi connectivity index (χ2n) is 6.87. The van der Waals surface area contributed by atoms with Crippen molar-refractivity contribution in [3.63, 3.8) is 0 Å². The number of nitrogens with one attached hydrogen (secondary N) is 1. The lowest BCUT2D eigenvalue weighted by Gasteiger charge is -2.25. The van der Waals surface area contributed by atoms with Gasteiger partial charge in [0.2, 0.25) is 5.91 Å². The van der Waals surface area contributed by atoms with Gasteiger partial charge in [-0.15, -0.1) is 0 Å². The van der Waals surface area contributed by atoms with E-state index in [9.17, 15) is 13.2 Å². The Hall–Kier alpha value is -3.03. The topological polar surface area (TPSA) is 75.7 Å². The van der Waals surface area contributed by atoms with Gasteiger partial charge in [-0.25, -0.2) is 8.42 Å². The SMILES string of the molecule is COc1ccc(S(=O)(=O)N(CC(=O)N[C@H](C)c2ccccc2)c2cccc(Cl)c2)cc1. The third-order valence-corrected chi connectivity index (χ3v) is 6.73. The molecule has 0 bridgehead atoms. The van der Waals surface area contributed by atoms with Crippen molar-refractivity contribution >= 4 is 33.2 Å². The molecule has 1 amide bonds.